The Hall–Kier alpha value is -2.20. The minimum Gasteiger partial charge on any atom is -0.494 e. The van der Waals surface area contributed by atoms with E-state index in [1.54, 1.807) is 30.3 Å². The normalized spacial score (nSPS) is 10.3. The number of rotatable bonds is 6. The standard InChI is InChI=1S/C18H20ClNO3/c1-4-22-13-9-10-14(17(11-13)23-5-2)18(21)20-16-8-6-7-15(19)12(16)3/h6-11H,4-5H2,1-3H3,(H,20,21). The monoisotopic (exact) mass is 333 g/mol. The predicted molar refractivity (Wildman–Crippen MR) is 92.9 cm³/mol. The molecule has 0 heterocycles. The summed E-state index contributed by atoms with van der Waals surface area (Å²) in [5.74, 6) is 0.920. The number of benzene rings is 2. The molecule has 4 nitrogen and oxygen atoms in total. The van der Waals surface area contributed by atoms with Gasteiger partial charge < -0.3 is 14.8 Å². The lowest BCUT2D eigenvalue weighted by Crippen LogP contribution is -2.14. The molecule has 1 amide bonds. The molecule has 0 aromatic heterocycles. The lowest BCUT2D eigenvalue weighted by molar-refractivity contribution is 0.102. The van der Waals surface area contributed by atoms with Gasteiger partial charge in [0.25, 0.3) is 5.91 Å². The Labute approximate surface area is 141 Å². The third-order valence-electron chi connectivity index (χ3n) is 3.32. The maximum Gasteiger partial charge on any atom is 0.259 e. The van der Waals surface area contributed by atoms with Crippen LogP contribution in [-0.4, -0.2) is 19.1 Å². The number of carbonyl (C=O) groups excluding carboxylic acids is 1. The molecular formula is C18H20ClNO3. The van der Waals surface area contributed by atoms with E-state index < -0.39 is 0 Å². The third-order valence-corrected chi connectivity index (χ3v) is 3.73. The topological polar surface area (TPSA) is 47.6 Å². The summed E-state index contributed by atoms with van der Waals surface area (Å²) < 4.78 is 11.0. The van der Waals surface area contributed by atoms with Gasteiger partial charge in [-0.2, -0.15) is 0 Å². The molecule has 0 radical (unpaired) electrons. The Morgan fingerprint density at radius 2 is 1.87 bits per heavy atom. The van der Waals surface area contributed by atoms with E-state index in [-0.39, 0.29) is 5.91 Å². The van der Waals surface area contributed by atoms with E-state index in [9.17, 15) is 4.79 Å². The van der Waals surface area contributed by atoms with Crippen molar-refractivity contribution in [2.45, 2.75) is 20.8 Å². The first-order valence-corrected chi connectivity index (χ1v) is 7.90. The van der Waals surface area contributed by atoms with Crippen molar-refractivity contribution in [3.63, 3.8) is 0 Å². The molecule has 2 rings (SSSR count). The summed E-state index contributed by atoms with van der Waals surface area (Å²) in [5, 5.41) is 3.48. The molecule has 5 heteroatoms. The van der Waals surface area contributed by atoms with Crippen LogP contribution in [0.1, 0.15) is 29.8 Å². The van der Waals surface area contributed by atoms with Crippen LogP contribution in [-0.2, 0) is 0 Å². The quantitative estimate of drug-likeness (QED) is 0.833. The van der Waals surface area contributed by atoms with Gasteiger partial charge in [-0.15, -0.1) is 0 Å². The van der Waals surface area contributed by atoms with E-state index in [0.29, 0.717) is 41.0 Å². The Morgan fingerprint density at radius 1 is 1.13 bits per heavy atom. The van der Waals surface area contributed by atoms with Gasteiger partial charge in [0.05, 0.1) is 18.8 Å². The molecule has 0 atom stereocenters. The van der Waals surface area contributed by atoms with E-state index in [2.05, 4.69) is 5.32 Å². The van der Waals surface area contributed by atoms with E-state index in [4.69, 9.17) is 21.1 Å². The molecule has 0 spiro atoms. The molecule has 0 saturated carbocycles. The zero-order valence-electron chi connectivity index (χ0n) is 13.5. The van der Waals surface area contributed by atoms with Crippen LogP contribution in [0.4, 0.5) is 5.69 Å². The Bertz CT molecular complexity index is 701. The van der Waals surface area contributed by atoms with Crippen molar-refractivity contribution in [2.75, 3.05) is 18.5 Å². The molecule has 0 aliphatic carbocycles. The largest absolute Gasteiger partial charge is 0.494 e. The van der Waals surface area contributed by atoms with Gasteiger partial charge in [0.15, 0.2) is 0 Å². The molecule has 0 fully saturated rings. The fourth-order valence-electron chi connectivity index (χ4n) is 2.15. The average Bonchev–Trinajstić information content (AvgIpc) is 2.53. The second-order valence-electron chi connectivity index (χ2n) is 4.89. The van der Waals surface area contributed by atoms with E-state index >= 15 is 0 Å². The van der Waals surface area contributed by atoms with Crippen molar-refractivity contribution < 1.29 is 14.3 Å². The van der Waals surface area contributed by atoms with E-state index in [0.717, 1.165) is 5.56 Å². The number of hydrogen-bond donors (Lipinski definition) is 1. The van der Waals surface area contributed by atoms with Crippen molar-refractivity contribution in [3.8, 4) is 11.5 Å². The minimum absolute atomic E-state index is 0.248. The van der Waals surface area contributed by atoms with Crippen LogP contribution in [0.3, 0.4) is 0 Å². The summed E-state index contributed by atoms with van der Waals surface area (Å²) in [7, 11) is 0. The minimum atomic E-state index is -0.248. The van der Waals surface area contributed by atoms with Crippen LogP contribution in [0.15, 0.2) is 36.4 Å². The molecule has 122 valence electrons. The Balaban J connectivity index is 2.29. The van der Waals surface area contributed by atoms with Gasteiger partial charge in [-0.25, -0.2) is 0 Å². The zero-order chi connectivity index (χ0) is 16.8. The van der Waals surface area contributed by atoms with Crippen LogP contribution in [0.25, 0.3) is 0 Å². The highest BCUT2D eigenvalue weighted by atomic mass is 35.5. The van der Waals surface area contributed by atoms with Crippen molar-refractivity contribution >= 4 is 23.2 Å². The molecule has 23 heavy (non-hydrogen) atoms. The molecule has 0 aliphatic rings. The number of nitrogens with one attached hydrogen (secondary N) is 1. The first-order chi connectivity index (χ1) is 11.1. The van der Waals surface area contributed by atoms with Gasteiger partial charge in [-0.05, 0) is 50.6 Å². The number of ether oxygens (including phenoxy) is 2. The summed E-state index contributed by atoms with van der Waals surface area (Å²) >= 11 is 6.09. The summed E-state index contributed by atoms with van der Waals surface area (Å²) in [4.78, 5) is 12.6. The molecule has 0 aliphatic heterocycles. The fourth-order valence-corrected chi connectivity index (χ4v) is 2.33. The maximum atomic E-state index is 12.6. The number of anilines is 1. The molecule has 1 N–H and O–H groups in total. The van der Waals surface area contributed by atoms with Gasteiger partial charge >= 0.3 is 0 Å². The van der Waals surface area contributed by atoms with Gasteiger partial charge in [0.2, 0.25) is 0 Å². The highest BCUT2D eigenvalue weighted by molar-refractivity contribution is 6.31. The lowest BCUT2D eigenvalue weighted by atomic mass is 10.1. The molecule has 0 unspecified atom stereocenters. The highest BCUT2D eigenvalue weighted by Gasteiger charge is 2.15. The molecule has 0 bridgehead atoms. The van der Waals surface area contributed by atoms with Crippen LogP contribution in [0, 0.1) is 6.92 Å². The van der Waals surface area contributed by atoms with Crippen LogP contribution < -0.4 is 14.8 Å². The molecule has 2 aromatic carbocycles. The van der Waals surface area contributed by atoms with Crippen molar-refractivity contribution in [2.24, 2.45) is 0 Å². The van der Waals surface area contributed by atoms with Crippen LogP contribution >= 0.6 is 11.6 Å². The van der Waals surface area contributed by atoms with Crippen LogP contribution in [0.5, 0.6) is 11.5 Å². The maximum absolute atomic E-state index is 12.6. The number of hydrogen-bond acceptors (Lipinski definition) is 3. The fraction of sp³-hybridized carbons (Fsp3) is 0.278. The molecule has 2 aromatic rings. The smallest absolute Gasteiger partial charge is 0.259 e. The average molecular weight is 334 g/mol. The second kappa shape index (κ2) is 7.88. The van der Waals surface area contributed by atoms with E-state index in [1.807, 2.05) is 26.8 Å². The number of halogens is 1. The first-order valence-electron chi connectivity index (χ1n) is 7.52. The van der Waals surface area contributed by atoms with Gasteiger partial charge in [0.1, 0.15) is 11.5 Å². The third kappa shape index (κ3) is 4.17. The second-order valence-corrected chi connectivity index (χ2v) is 5.30. The Kier molecular flexibility index (Phi) is 5.88. The Morgan fingerprint density at radius 3 is 2.57 bits per heavy atom. The highest BCUT2D eigenvalue weighted by Crippen LogP contribution is 2.28. The number of carbonyl (C=O) groups is 1. The van der Waals surface area contributed by atoms with E-state index in [1.165, 1.54) is 0 Å². The van der Waals surface area contributed by atoms with Crippen molar-refractivity contribution in [1.82, 2.24) is 0 Å². The lowest BCUT2D eigenvalue weighted by Gasteiger charge is -2.14. The van der Waals surface area contributed by atoms with Gasteiger partial charge in [0, 0.05) is 16.8 Å². The SMILES string of the molecule is CCOc1ccc(C(=O)Nc2cccc(Cl)c2C)c(OCC)c1. The first kappa shape index (κ1) is 17.2. The van der Waals surface area contributed by atoms with Crippen molar-refractivity contribution in [1.29, 1.82) is 0 Å². The van der Waals surface area contributed by atoms with Gasteiger partial charge in [-0.1, -0.05) is 17.7 Å². The van der Waals surface area contributed by atoms with Crippen LogP contribution in [0.2, 0.25) is 5.02 Å². The molecule has 0 saturated heterocycles. The summed E-state index contributed by atoms with van der Waals surface area (Å²) in [5.41, 5.74) is 1.96. The van der Waals surface area contributed by atoms with Crippen molar-refractivity contribution in [3.05, 3.63) is 52.5 Å². The summed E-state index contributed by atoms with van der Waals surface area (Å²) in [6.45, 7) is 6.66. The summed E-state index contributed by atoms with van der Waals surface area (Å²) in [6, 6.07) is 10.6. The number of amides is 1. The van der Waals surface area contributed by atoms with Gasteiger partial charge in [-0.3, -0.25) is 4.79 Å². The zero-order valence-corrected chi connectivity index (χ0v) is 14.2. The summed E-state index contributed by atoms with van der Waals surface area (Å²) in [6.07, 6.45) is 0. The molecular weight excluding hydrogens is 314 g/mol. The predicted octanol–water partition coefficient (Wildman–Crippen LogP) is 4.70.